The first-order chi connectivity index (χ1) is 13.2. The van der Waals surface area contributed by atoms with E-state index in [1.165, 1.54) is 0 Å². The maximum Gasteiger partial charge on any atom is 0.340 e. The summed E-state index contributed by atoms with van der Waals surface area (Å²) in [6.45, 7) is 0. The molecule has 0 saturated heterocycles. The summed E-state index contributed by atoms with van der Waals surface area (Å²) in [5.74, 6) is 2.14. The zero-order valence-electron chi connectivity index (χ0n) is 14.8. The van der Waals surface area contributed by atoms with E-state index in [0.717, 1.165) is 16.7 Å². The quantitative estimate of drug-likeness (QED) is 0.520. The van der Waals surface area contributed by atoms with Gasteiger partial charge in [-0.3, -0.25) is 0 Å². The van der Waals surface area contributed by atoms with Crippen molar-refractivity contribution in [2.45, 2.75) is 5.60 Å². The first-order valence-electron chi connectivity index (χ1n) is 8.55. The van der Waals surface area contributed by atoms with Gasteiger partial charge in [-0.15, -0.1) is 0 Å². The summed E-state index contributed by atoms with van der Waals surface area (Å²) < 4.78 is 22.9. The third-order valence-corrected chi connectivity index (χ3v) is 5.13. The van der Waals surface area contributed by atoms with Crippen molar-refractivity contribution < 1.29 is 23.6 Å². The molecule has 130 valence electrons. The molecule has 0 aliphatic carbocycles. The Kier molecular flexibility index (Phi) is 3.28. The fourth-order valence-electron chi connectivity index (χ4n) is 3.89. The molecule has 2 aliphatic heterocycles. The number of benzene rings is 3. The highest BCUT2D eigenvalue weighted by atomic mass is 16.6. The number of hydrogen-bond acceptors (Lipinski definition) is 5. The van der Waals surface area contributed by atoms with E-state index in [-0.39, 0.29) is 5.97 Å². The number of ether oxygens (including phenoxy) is 2. The maximum absolute atomic E-state index is 12.7. The largest absolute Gasteiger partial charge is 0.568 e. The van der Waals surface area contributed by atoms with Gasteiger partial charge in [-0.25, -0.2) is 4.79 Å². The summed E-state index contributed by atoms with van der Waals surface area (Å²) in [7, 11) is 3.20. The van der Waals surface area contributed by atoms with Gasteiger partial charge >= 0.3 is 22.1 Å². The molecular formula is C20H14B2O5. The summed E-state index contributed by atoms with van der Waals surface area (Å²) in [5, 5.41) is 0. The highest BCUT2D eigenvalue weighted by Gasteiger charge is 2.53. The minimum absolute atomic E-state index is 0.351. The van der Waals surface area contributed by atoms with Crippen LogP contribution in [-0.4, -0.2) is 22.1 Å². The lowest BCUT2D eigenvalue weighted by Crippen LogP contribution is -2.33. The van der Waals surface area contributed by atoms with Gasteiger partial charge in [0.25, 0.3) is 0 Å². The van der Waals surface area contributed by atoms with Gasteiger partial charge in [0.15, 0.2) is 5.60 Å². The smallest absolute Gasteiger partial charge is 0.340 e. The van der Waals surface area contributed by atoms with E-state index in [2.05, 4.69) is 0 Å². The van der Waals surface area contributed by atoms with Gasteiger partial charge in [0.2, 0.25) is 0 Å². The molecule has 1 spiro atoms. The molecule has 2 aliphatic rings. The summed E-state index contributed by atoms with van der Waals surface area (Å²) in [6, 6.07) is 18.5. The lowest BCUT2D eigenvalue weighted by molar-refractivity contribution is 0.0224. The molecule has 0 aromatic heterocycles. The van der Waals surface area contributed by atoms with E-state index in [1.54, 1.807) is 34.3 Å². The third-order valence-electron chi connectivity index (χ3n) is 5.13. The fourth-order valence-corrected chi connectivity index (χ4v) is 3.89. The van der Waals surface area contributed by atoms with Gasteiger partial charge in [-0.2, -0.15) is 0 Å². The van der Waals surface area contributed by atoms with E-state index in [1.807, 2.05) is 42.5 Å². The summed E-state index contributed by atoms with van der Waals surface area (Å²) in [5.41, 5.74) is 1.83. The molecular weight excluding hydrogens is 342 g/mol. The molecule has 0 N–H and O–H groups in total. The van der Waals surface area contributed by atoms with E-state index < -0.39 is 5.60 Å². The summed E-state index contributed by atoms with van der Waals surface area (Å²) in [4.78, 5) is 12.7. The predicted molar refractivity (Wildman–Crippen MR) is 103 cm³/mol. The molecule has 2 heterocycles. The topological polar surface area (TPSA) is 54.0 Å². The van der Waals surface area contributed by atoms with Crippen molar-refractivity contribution in [1.29, 1.82) is 0 Å². The molecule has 3 aromatic carbocycles. The van der Waals surface area contributed by atoms with Crippen molar-refractivity contribution in [3.05, 3.63) is 82.9 Å². The summed E-state index contributed by atoms with van der Waals surface area (Å²) >= 11 is 0. The molecule has 0 amide bonds. The summed E-state index contributed by atoms with van der Waals surface area (Å²) in [6.07, 6.45) is 0. The molecule has 0 saturated carbocycles. The van der Waals surface area contributed by atoms with Gasteiger partial charge in [-0.1, -0.05) is 18.2 Å². The van der Waals surface area contributed by atoms with Crippen LogP contribution in [0.4, 0.5) is 0 Å². The Hall–Kier alpha value is -3.34. The van der Waals surface area contributed by atoms with E-state index in [0.29, 0.717) is 28.6 Å². The van der Waals surface area contributed by atoms with E-state index in [4.69, 9.17) is 18.8 Å². The number of hydrogen-bond donors (Lipinski definition) is 0. The van der Waals surface area contributed by atoms with Gasteiger partial charge in [0.1, 0.15) is 23.0 Å². The SMILES string of the molecule is BOc1ccc2c(c1)Oc1cc(OB)ccc1C21OC(=O)c2ccccc21. The van der Waals surface area contributed by atoms with Crippen LogP contribution in [0.5, 0.6) is 23.0 Å². The Balaban J connectivity index is 1.86. The zero-order chi connectivity index (χ0) is 18.6. The highest BCUT2D eigenvalue weighted by Crippen LogP contribution is 2.56. The Labute approximate surface area is 157 Å². The van der Waals surface area contributed by atoms with Crippen molar-refractivity contribution in [2.24, 2.45) is 0 Å². The number of rotatable bonds is 2. The molecule has 0 unspecified atom stereocenters. The van der Waals surface area contributed by atoms with Crippen LogP contribution in [0.3, 0.4) is 0 Å². The molecule has 5 rings (SSSR count). The molecule has 3 aromatic rings. The number of fused-ring (bicyclic) bond motifs is 6. The second kappa shape index (κ2) is 5.58. The van der Waals surface area contributed by atoms with Crippen molar-refractivity contribution in [3.8, 4) is 23.0 Å². The van der Waals surface area contributed by atoms with Crippen LogP contribution in [0.1, 0.15) is 27.0 Å². The molecule has 0 fully saturated rings. The average molecular weight is 356 g/mol. The first-order valence-corrected chi connectivity index (χ1v) is 8.55. The molecule has 0 bridgehead atoms. The van der Waals surface area contributed by atoms with Crippen LogP contribution in [-0.2, 0) is 10.3 Å². The number of carbonyl (C=O) groups is 1. The number of carbonyl (C=O) groups excluding carboxylic acids is 1. The molecule has 5 nitrogen and oxygen atoms in total. The van der Waals surface area contributed by atoms with Crippen LogP contribution in [0.2, 0.25) is 0 Å². The zero-order valence-corrected chi connectivity index (χ0v) is 14.8. The van der Waals surface area contributed by atoms with Gasteiger partial charge in [0, 0.05) is 28.8 Å². The Morgan fingerprint density at radius 3 is 1.96 bits per heavy atom. The monoisotopic (exact) mass is 356 g/mol. The second-order valence-electron chi connectivity index (χ2n) is 6.44. The second-order valence-corrected chi connectivity index (χ2v) is 6.44. The standard InChI is InChI=1S/C20H14B2O5/c21-26-11-5-7-15-17(9-11)24-18-10-12(27-22)6-8-16(18)20(15)14-4-2-1-3-13(14)19(23)25-20/h1-10H,21-22H2. The van der Waals surface area contributed by atoms with Crippen molar-refractivity contribution in [2.75, 3.05) is 0 Å². The first kappa shape index (κ1) is 15.9. The van der Waals surface area contributed by atoms with Crippen LogP contribution < -0.4 is 14.0 Å². The molecule has 0 radical (unpaired) electrons. The maximum atomic E-state index is 12.7. The predicted octanol–water partition coefficient (Wildman–Crippen LogP) is 2.11. The van der Waals surface area contributed by atoms with Crippen LogP contribution in [0.25, 0.3) is 0 Å². The Morgan fingerprint density at radius 1 is 0.778 bits per heavy atom. The van der Waals surface area contributed by atoms with Crippen LogP contribution in [0, 0.1) is 0 Å². The van der Waals surface area contributed by atoms with E-state index >= 15 is 0 Å². The van der Waals surface area contributed by atoms with Crippen molar-refractivity contribution in [1.82, 2.24) is 0 Å². The minimum Gasteiger partial charge on any atom is -0.568 e. The fraction of sp³-hybridized carbons (Fsp3) is 0.0500. The third kappa shape index (κ3) is 2.05. The number of esters is 1. The lowest BCUT2D eigenvalue weighted by atomic mass is 9.77. The van der Waals surface area contributed by atoms with Crippen LogP contribution >= 0.6 is 0 Å². The van der Waals surface area contributed by atoms with E-state index in [9.17, 15) is 4.79 Å². The van der Waals surface area contributed by atoms with Crippen LogP contribution in [0.15, 0.2) is 60.7 Å². The van der Waals surface area contributed by atoms with Crippen molar-refractivity contribution in [3.63, 3.8) is 0 Å². The highest BCUT2D eigenvalue weighted by molar-refractivity contribution is 6.00. The molecule has 0 atom stereocenters. The minimum atomic E-state index is -1.06. The lowest BCUT2D eigenvalue weighted by Gasteiger charge is -2.36. The normalized spacial score (nSPS) is 15.2. The molecule has 27 heavy (non-hydrogen) atoms. The average Bonchev–Trinajstić information content (AvgIpc) is 3.01. The molecule has 7 heteroatoms. The van der Waals surface area contributed by atoms with Gasteiger partial charge in [0.05, 0.1) is 5.56 Å². The van der Waals surface area contributed by atoms with Gasteiger partial charge in [-0.05, 0) is 30.3 Å². The van der Waals surface area contributed by atoms with Crippen molar-refractivity contribution >= 4 is 22.1 Å². The Bertz CT molecular complexity index is 1040. The van der Waals surface area contributed by atoms with Gasteiger partial charge < -0.3 is 18.8 Å². The Morgan fingerprint density at radius 2 is 1.37 bits per heavy atom.